The van der Waals surface area contributed by atoms with Crippen LogP contribution in [0.3, 0.4) is 0 Å². The number of aliphatic hydroxyl groups excluding tert-OH is 2. The van der Waals surface area contributed by atoms with E-state index >= 15 is 0 Å². The van der Waals surface area contributed by atoms with Crippen LogP contribution in [-0.2, 0) is 23.8 Å². The lowest BCUT2D eigenvalue weighted by Gasteiger charge is -2.44. The van der Waals surface area contributed by atoms with Crippen LogP contribution in [0.2, 0.25) is 0 Å². The third-order valence-electron chi connectivity index (χ3n) is 12.8. The van der Waals surface area contributed by atoms with Crippen molar-refractivity contribution >= 4 is 17.8 Å². The van der Waals surface area contributed by atoms with E-state index in [1.165, 1.54) is 31.3 Å². The summed E-state index contributed by atoms with van der Waals surface area (Å²) in [5.41, 5.74) is 8.04. The summed E-state index contributed by atoms with van der Waals surface area (Å²) >= 11 is 0. The molecule has 6 unspecified atom stereocenters. The Bertz CT molecular complexity index is 1740. The minimum absolute atomic E-state index is 0.0745. The molecule has 0 spiro atoms. The van der Waals surface area contributed by atoms with E-state index in [0.717, 1.165) is 55.5 Å². The summed E-state index contributed by atoms with van der Waals surface area (Å²) in [6.45, 7) is 8.45. The molecule has 0 aromatic carbocycles. The molecule has 6 rings (SSSR count). The number of carbonyl (C=O) groups is 2. The number of hydrogen-bond acceptors (Lipinski definition) is 10. The van der Waals surface area contributed by atoms with Crippen molar-refractivity contribution in [1.29, 1.82) is 0 Å². The van der Waals surface area contributed by atoms with Crippen LogP contribution in [0.15, 0.2) is 64.7 Å². The zero-order valence-corrected chi connectivity index (χ0v) is 32.0. The molecule has 55 heavy (non-hydrogen) atoms. The highest BCUT2D eigenvalue weighted by Crippen LogP contribution is 2.59. The zero-order valence-electron chi connectivity index (χ0n) is 32.0. The Labute approximate surface area is 321 Å². The van der Waals surface area contributed by atoms with Crippen molar-refractivity contribution in [1.82, 2.24) is 9.55 Å². The van der Waals surface area contributed by atoms with E-state index in [0.29, 0.717) is 47.5 Å². The number of aliphatic hydroxyl groups is 2. The van der Waals surface area contributed by atoms with Crippen LogP contribution in [-0.4, -0.2) is 68.6 Å². The summed E-state index contributed by atoms with van der Waals surface area (Å²) in [4.78, 5) is 40.6. The summed E-state index contributed by atoms with van der Waals surface area (Å²) in [5, 5.41) is 20.5. The number of nitrogens with two attached hydrogens (primary N) is 1. The molecule has 5 fully saturated rings. The van der Waals surface area contributed by atoms with Gasteiger partial charge >= 0.3 is 23.6 Å². The lowest BCUT2D eigenvalue weighted by atomic mass is 9.61. The summed E-state index contributed by atoms with van der Waals surface area (Å²) in [5.74, 6) is -3.08. The van der Waals surface area contributed by atoms with Crippen molar-refractivity contribution in [3.63, 3.8) is 0 Å². The second-order valence-electron chi connectivity index (χ2n) is 16.6. The van der Waals surface area contributed by atoms with Gasteiger partial charge in [0.15, 0.2) is 6.10 Å². The number of esters is 2. The lowest BCUT2D eigenvalue weighted by molar-refractivity contribution is -0.151. The molecule has 11 nitrogen and oxygen atoms in total. The van der Waals surface area contributed by atoms with E-state index < -0.39 is 48.7 Å². The number of ether oxygens (including phenoxy) is 3. The molecule has 4 aliphatic carbocycles. The van der Waals surface area contributed by atoms with Crippen LogP contribution < -0.4 is 11.4 Å². The van der Waals surface area contributed by atoms with Crippen LogP contribution in [0.1, 0.15) is 110 Å². The van der Waals surface area contributed by atoms with Crippen molar-refractivity contribution in [2.45, 2.75) is 140 Å². The molecule has 0 radical (unpaired) electrons. The van der Waals surface area contributed by atoms with E-state index in [2.05, 4.69) is 43.6 Å². The number of unbranched alkanes of at least 4 members (excludes halogenated alkanes) is 1. The van der Waals surface area contributed by atoms with Crippen molar-refractivity contribution in [2.24, 2.45) is 29.1 Å². The van der Waals surface area contributed by atoms with Crippen molar-refractivity contribution in [2.75, 3.05) is 12.3 Å². The highest BCUT2D eigenvalue weighted by molar-refractivity contribution is 5.71. The van der Waals surface area contributed by atoms with Gasteiger partial charge in [-0.1, -0.05) is 50.3 Å². The van der Waals surface area contributed by atoms with Gasteiger partial charge in [-0.05, 0) is 123 Å². The topological polar surface area (TPSA) is 163 Å². The maximum atomic E-state index is 14.7. The molecule has 13 heteroatoms. The van der Waals surface area contributed by atoms with Gasteiger partial charge in [0.25, 0.3) is 0 Å². The number of hydrogen-bond donors (Lipinski definition) is 3. The molecule has 0 amide bonds. The Balaban J connectivity index is 0.928. The summed E-state index contributed by atoms with van der Waals surface area (Å²) in [6.07, 6.45) is 14.3. The number of fused-ring (bicyclic) bond motifs is 1. The van der Waals surface area contributed by atoms with Gasteiger partial charge < -0.3 is 30.2 Å². The van der Waals surface area contributed by atoms with Gasteiger partial charge in [-0.2, -0.15) is 13.8 Å². The van der Waals surface area contributed by atoms with Gasteiger partial charge in [0.2, 0.25) is 6.23 Å². The predicted octanol–water partition coefficient (Wildman–Crippen LogP) is 6.51. The van der Waals surface area contributed by atoms with E-state index in [4.69, 9.17) is 19.9 Å². The molecule has 4 saturated carbocycles. The molecule has 4 N–H and O–H groups in total. The molecular formula is C42H57F2N3O8. The molecule has 1 aromatic rings. The summed E-state index contributed by atoms with van der Waals surface area (Å²) in [6, 6.07) is 1.15. The predicted molar refractivity (Wildman–Crippen MR) is 201 cm³/mol. The van der Waals surface area contributed by atoms with E-state index in [1.807, 2.05) is 6.08 Å². The highest BCUT2D eigenvalue weighted by atomic mass is 19.3. The van der Waals surface area contributed by atoms with Gasteiger partial charge in [-0.15, -0.1) is 0 Å². The van der Waals surface area contributed by atoms with Gasteiger partial charge in [0.05, 0.1) is 6.10 Å². The molecule has 0 bridgehead atoms. The normalized spacial score (nSPS) is 33.2. The van der Waals surface area contributed by atoms with Crippen molar-refractivity contribution in [3.8, 4) is 0 Å². The fraction of sp³-hybridized carbons (Fsp3) is 0.667. The minimum Gasteiger partial charge on any atom is -0.463 e. The number of carbonyl (C=O) groups excluding carboxylic acids is 2. The molecule has 5 aliphatic rings. The van der Waals surface area contributed by atoms with E-state index in [-0.39, 0.29) is 36.1 Å². The second-order valence-corrected chi connectivity index (χ2v) is 16.6. The lowest BCUT2D eigenvalue weighted by Crippen LogP contribution is -2.42. The summed E-state index contributed by atoms with van der Waals surface area (Å²) < 4.78 is 46.1. The average molecular weight is 770 g/mol. The largest absolute Gasteiger partial charge is 0.463 e. The summed E-state index contributed by atoms with van der Waals surface area (Å²) in [7, 11) is 0. The third kappa shape index (κ3) is 9.31. The number of allylic oxidation sites excluding steroid dienone is 4. The fourth-order valence-electron chi connectivity index (χ4n) is 9.42. The zero-order chi connectivity index (χ0) is 39.5. The van der Waals surface area contributed by atoms with Gasteiger partial charge in [-0.25, -0.2) is 4.79 Å². The molecule has 302 valence electrons. The maximum Gasteiger partial charge on any atom is 0.351 e. The van der Waals surface area contributed by atoms with Crippen molar-refractivity contribution < 1.29 is 42.8 Å². The van der Waals surface area contributed by atoms with Gasteiger partial charge in [0, 0.05) is 19.0 Å². The molecule has 1 aliphatic heterocycles. The molecule has 9 atom stereocenters. The first kappa shape index (κ1) is 41.0. The molecule has 2 heterocycles. The monoisotopic (exact) mass is 769 g/mol. The van der Waals surface area contributed by atoms with Gasteiger partial charge in [0.1, 0.15) is 24.6 Å². The smallest absolute Gasteiger partial charge is 0.351 e. The minimum atomic E-state index is -3.86. The quantitative estimate of drug-likeness (QED) is 0.108. The SMILES string of the molecule is C=C1/C(=C\C=C2/CCC[C@@]3(C)C2CCC3[C@@H](C)/C=C/C(O)C2CC2)CCC[C@@H]1OC(=O)CCCCC(=O)OCC1OC(n2ccc(N)nc2=O)C(F)(F)C1O. The number of alkyl halides is 2. The first-order valence-corrected chi connectivity index (χ1v) is 20.0. The van der Waals surface area contributed by atoms with Crippen LogP contribution in [0, 0.1) is 29.1 Å². The number of nitrogen functional groups attached to an aromatic ring is 1. The Hall–Kier alpha value is -3.68. The Morgan fingerprint density at radius 3 is 2.58 bits per heavy atom. The maximum absolute atomic E-state index is 14.7. The standard InChI is InChI=1S/C42H57F2N3O8/c1-25(13-20-32(48)29-16-17-29)30-18-19-31-28(9-7-22-41(30,31)3)15-14-27-8-6-10-33(26(27)2)54-37(50)12-5-4-11-36(49)53-24-34-38(51)42(43,44)39(55-34)47-23-21-35(45)46-40(47)52/h13-15,20-21,23,25,29-34,38-39,48,51H,2,4-12,16-19,22,24H2,1,3H3,(H2,45,46,52)/b20-13+,27-14-,28-15+/t25-,30?,31?,32?,33-,34?,38?,39?,41+/m0/s1. The number of halogens is 2. The van der Waals surface area contributed by atoms with Crippen LogP contribution in [0.25, 0.3) is 0 Å². The number of anilines is 1. The van der Waals surface area contributed by atoms with E-state index in [1.54, 1.807) is 0 Å². The van der Waals surface area contributed by atoms with E-state index in [9.17, 15) is 33.4 Å². The molecule has 1 saturated heterocycles. The average Bonchev–Trinajstić information content (AvgIpc) is 3.90. The van der Waals surface area contributed by atoms with Crippen LogP contribution in [0.5, 0.6) is 0 Å². The number of rotatable bonds is 14. The molecule has 1 aromatic heterocycles. The second kappa shape index (κ2) is 17.2. The van der Waals surface area contributed by atoms with Crippen LogP contribution in [0.4, 0.5) is 14.6 Å². The van der Waals surface area contributed by atoms with Gasteiger partial charge in [-0.3, -0.25) is 14.2 Å². The number of nitrogens with zero attached hydrogens (tertiary/aromatic N) is 2. The number of aromatic nitrogens is 2. The Kier molecular flexibility index (Phi) is 12.8. The highest BCUT2D eigenvalue weighted by Gasteiger charge is 2.60. The van der Waals surface area contributed by atoms with Crippen LogP contribution >= 0.6 is 0 Å². The van der Waals surface area contributed by atoms with Crippen molar-refractivity contribution in [3.05, 3.63) is 70.3 Å². The third-order valence-corrected chi connectivity index (χ3v) is 12.8. The Morgan fingerprint density at radius 2 is 1.85 bits per heavy atom. The first-order chi connectivity index (χ1) is 26.2. The fourth-order valence-corrected chi connectivity index (χ4v) is 9.42. The first-order valence-electron chi connectivity index (χ1n) is 20.0. The molecular weight excluding hydrogens is 712 g/mol. The Morgan fingerprint density at radius 1 is 1.11 bits per heavy atom.